The maximum absolute atomic E-state index is 11.5. The highest BCUT2D eigenvalue weighted by Gasteiger charge is 2.32. The minimum atomic E-state index is -0.381. The van der Waals surface area contributed by atoms with Crippen LogP contribution >= 0.6 is 0 Å². The molecule has 2 N–H and O–H groups in total. The van der Waals surface area contributed by atoms with Crippen molar-refractivity contribution in [2.45, 2.75) is 44.2 Å². The summed E-state index contributed by atoms with van der Waals surface area (Å²) in [5, 5.41) is 0. The van der Waals surface area contributed by atoms with E-state index >= 15 is 0 Å². The summed E-state index contributed by atoms with van der Waals surface area (Å²) in [6, 6.07) is 15.5. The van der Waals surface area contributed by atoms with Crippen LogP contribution in [0.2, 0.25) is 0 Å². The molecule has 27 heavy (non-hydrogen) atoms. The molecular formula is C23H28N2O2. The minimum Gasteiger partial charge on any atom is -0.383 e. The fourth-order valence-electron chi connectivity index (χ4n) is 4.76. The maximum Gasteiger partial charge on any atom is 0.248 e. The van der Waals surface area contributed by atoms with Gasteiger partial charge in [0, 0.05) is 24.8 Å². The molecule has 2 unspecified atom stereocenters. The number of primary amides is 1. The highest BCUT2D eigenvalue weighted by Crippen LogP contribution is 2.32. The number of hydrogen-bond donors (Lipinski definition) is 1. The highest BCUT2D eigenvalue weighted by molar-refractivity contribution is 5.94. The van der Waals surface area contributed by atoms with Crippen LogP contribution in [0.4, 0.5) is 0 Å². The minimum absolute atomic E-state index is 0.381. The Morgan fingerprint density at radius 1 is 1.15 bits per heavy atom. The van der Waals surface area contributed by atoms with Crippen molar-refractivity contribution in [2.24, 2.45) is 5.73 Å². The number of carbonyl (C=O) groups excluding carboxylic acids is 1. The molecule has 0 spiro atoms. The van der Waals surface area contributed by atoms with Gasteiger partial charge >= 0.3 is 0 Å². The van der Waals surface area contributed by atoms with Crippen LogP contribution in [0.5, 0.6) is 0 Å². The summed E-state index contributed by atoms with van der Waals surface area (Å²) in [6.07, 6.45) is 5.98. The third kappa shape index (κ3) is 3.78. The molecule has 2 aliphatic rings. The lowest BCUT2D eigenvalue weighted by atomic mass is 9.85. The molecule has 2 aromatic rings. The normalized spacial score (nSPS) is 22.6. The van der Waals surface area contributed by atoms with Crippen molar-refractivity contribution >= 4 is 5.91 Å². The number of aryl methyl sites for hydroxylation is 1. The smallest absolute Gasteiger partial charge is 0.248 e. The number of benzene rings is 2. The molecule has 4 nitrogen and oxygen atoms in total. The first kappa shape index (κ1) is 18.2. The van der Waals surface area contributed by atoms with Crippen LogP contribution in [-0.4, -0.2) is 43.2 Å². The van der Waals surface area contributed by atoms with Gasteiger partial charge in [0.1, 0.15) is 0 Å². The van der Waals surface area contributed by atoms with Gasteiger partial charge in [0.05, 0.1) is 6.61 Å². The van der Waals surface area contributed by atoms with Gasteiger partial charge in [-0.1, -0.05) is 30.3 Å². The second-order valence-electron chi connectivity index (χ2n) is 7.81. The van der Waals surface area contributed by atoms with Crippen molar-refractivity contribution in [1.29, 1.82) is 0 Å². The largest absolute Gasteiger partial charge is 0.383 e. The van der Waals surface area contributed by atoms with E-state index in [9.17, 15) is 4.79 Å². The van der Waals surface area contributed by atoms with Crippen molar-refractivity contribution in [1.82, 2.24) is 4.90 Å². The summed E-state index contributed by atoms with van der Waals surface area (Å²) in [7, 11) is 1.81. The van der Waals surface area contributed by atoms with E-state index in [1.807, 2.05) is 18.2 Å². The van der Waals surface area contributed by atoms with Crippen molar-refractivity contribution in [3.8, 4) is 11.1 Å². The molecule has 2 atom stereocenters. The van der Waals surface area contributed by atoms with E-state index in [-0.39, 0.29) is 5.91 Å². The molecule has 2 aromatic carbocycles. The van der Waals surface area contributed by atoms with Gasteiger partial charge in [0.2, 0.25) is 5.91 Å². The summed E-state index contributed by atoms with van der Waals surface area (Å²) in [6.45, 7) is 2.05. The lowest BCUT2D eigenvalue weighted by Crippen LogP contribution is -2.44. The van der Waals surface area contributed by atoms with Crippen LogP contribution in [0.15, 0.2) is 42.5 Å². The molecule has 1 heterocycles. The van der Waals surface area contributed by atoms with Gasteiger partial charge in [-0.25, -0.2) is 0 Å². The summed E-state index contributed by atoms with van der Waals surface area (Å²) in [5.41, 5.74) is 11.1. The number of hydrogen-bond acceptors (Lipinski definition) is 3. The van der Waals surface area contributed by atoms with E-state index in [1.165, 1.54) is 36.9 Å². The van der Waals surface area contributed by atoms with Crippen molar-refractivity contribution in [3.05, 3.63) is 59.2 Å². The van der Waals surface area contributed by atoms with E-state index in [0.717, 1.165) is 30.6 Å². The van der Waals surface area contributed by atoms with Gasteiger partial charge in [0.25, 0.3) is 0 Å². The topological polar surface area (TPSA) is 55.6 Å². The second-order valence-corrected chi connectivity index (χ2v) is 7.81. The molecular weight excluding hydrogens is 336 g/mol. The second kappa shape index (κ2) is 7.83. The molecule has 4 heteroatoms. The average molecular weight is 364 g/mol. The molecule has 142 valence electrons. The number of rotatable bonds is 5. The van der Waals surface area contributed by atoms with Crippen molar-refractivity contribution in [2.75, 3.05) is 20.3 Å². The lowest BCUT2D eigenvalue weighted by Gasteiger charge is -2.36. The fourth-order valence-corrected chi connectivity index (χ4v) is 4.76. The zero-order valence-electron chi connectivity index (χ0n) is 16.0. The van der Waals surface area contributed by atoms with Gasteiger partial charge in [-0.2, -0.15) is 0 Å². The molecule has 0 radical (unpaired) electrons. The van der Waals surface area contributed by atoms with Crippen LogP contribution in [0, 0.1) is 0 Å². The molecule has 1 fully saturated rings. The number of methoxy groups -OCH3 is 1. The van der Waals surface area contributed by atoms with E-state index in [1.54, 1.807) is 13.2 Å². The van der Waals surface area contributed by atoms with E-state index in [2.05, 4.69) is 23.1 Å². The average Bonchev–Trinajstić information content (AvgIpc) is 3.16. The SMILES string of the molecule is COCC1CCCN1C1CCc2cc(-c3cccc(C(N)=O)c3)ccc2C1. The van der Waals surface area contributed by atoms with Crippen LogP contribution in [0.3, 0.4) is 0 Å². The first-order valence-corrected chi connectivity index (χ1v) is 9.92. The molecule has 4 rings (SSSR count). The van der Waals surface area contributed by atoms with E-state index in [0.29, 0.717) is 17.6 Å². The van der Waals surface area contributed by atoms with E-state index < -0.39 is 0 Å². The summed E-state index contributed by atoms with van der Waals surface area (Å²) < 4.78 is 5.43. The summed E-state index contributed by atoms with van der Waals surface area (Å²) in [5.74, 6) is -0.381. The Hall–Kier alpha value is -2.17. The molecule has 0 bridgehead atoms. The number of ether oxygens (including phenoxy) is 1. The third-order valence-corrected chi connectivity index (χ3v) is 6.14. The Morgan fingerprint density at radius 3 is 2.81 bits per heavy atom. The number of nitrogens with zero attached hydrogens (tertiary/aromatic N) is 1. The van der Waals surface area contributed by atoms with Crippen molar-refractivity contribution < 1.29 is 9.53 Å². The van der Waals surface area contributed by atoms with Gasteiger partial charge in [-0.3, -0.25) is 9.69 Å². The van der Waals surface area contributed by atoms with Gasteiger partial charge in [0.15, 0.2) is 0 Å². The lowest BCUT2D eigenvalue weighted by molar-refractivity contribution is 0.0837. The molecule has 1 aliphatic carbocycles. The highest BCUT2D eigenvalue weighted by atomic mass is 16.5. The Balaban J connectivity index is 1.53. The molecule has 1 amide bonds. The first-order chi connectivity index (χ1) is 13.2. The van der Waals surface area contributed by atoms with Gasteiger partial charge < -0.3 is 10.5 Å². The zero-order chi connectivity index (χ0) is 18.8. The Morgan fingerprint density at radius 2 is 2.00 bits per heavy atom. The number of fused-ring (bicyclic) bond motifs is 1. The Labute approximate surface area is 161 Å². The Bertz CT molecular complexity index is 833. The summed E-state index contributed by atoms with van der Waals surface area (Å²) in [4.78, 5) is 14.1. The van der Waals surface area contributed by atoms with Crippen LogP contribution in [-0.2, 0) is 17.6 Å². The number of nitrogens with two attached hydrogens (primary N) is 1. The van der Waals surface area contributed by atoms with E-state index in [4.69, 9.17) is 10.5 Å². The Kier molecular flexibility index (Phi) is 5.28. The van der Waals surface area contributed by atoms with Gasteiger partial charge in [-0.15, -0.1) is 0 Å². The quantitative estimate of drug-likeness (QED) is 0.884. The molecule has 0 aromatic heterocycles. The van der Waals surface area contributed by atoms with Crippen LogP contribution in [0.25, 0.3) is 11.1 Å². The molecule has 1 aliphatic heterocycles. The predicted molar refractivity (Wildman–Crippen MR) is 108 cm³/mol. The summed E-state index contributed by atoms with van der Waals surface area (Å²) >= 11 is 0. The fraction of sp³-hybridized carbons (Fsp3) is 0.435. The number of carbonyl (C=O) groups is 1. The first-order valence-electron chi connectivity index (χ1n) is 9.92. The van der Waals surface area contributed by atoms with Crippen LogP contribution < -0.4 is 5.73 Å². The number of amides is 1. The van der Waals surface area contributed by atoms with Crippen molar-refractivity contribution in [3.63, 3.8) is 0 Å². The number of likely N-dealkylation sites (tertiary alicyclic amines) is 1. The molecule has 1 saturated heterocycles. The zero-order valence-corrected chi connectivity index (χ0v) is 16.0. The third-order valence-electron chi connectivity index (χ3n) is 6.14. The molecule has 0 saturated carbocycles. The monoisotopic (exact) mass is 364 g/mol. The standard InChI is InChI=1S/C23H28N2O2/c1-27-15-22-6-3-11-25(22)21-10-9-18-12-17(7-8-19(18)14-21)16-4-2-5-20(13-16)23(24)26/h2,4-5,7-8,12-13,21-22H,3,6,9-11,14-15H2,1H3,(H2,24,26). The maximum atomic E-state index is 11.5. The van der Waals surface area contributed by atoms with Gasteiger partial charge in [-0.05, 0) is 73.0 Å². The van der Waals surface area contributed by atoms with Crippen LogP contribution in [0.1, 0.15) is 40.7 Å². The predicted octanol–water partition coefficient (Wildman–Crippen LogP) is 3.42.